The number of ether oxygens (including phenoxy) is 2. The molecule has 2 aliphatic heterocycles. The first-order chi connectivity index (χ1) is 13.8. The average Bonchev–Trinajstić information content (AvgIpc) is 3.16. The fourth-order valence-corrected chi connectivity index (χ4v) is 2.53. The molecule has 11 nitrogen and oxygen atoms in total. The van der Waals surface area contributed by atoms with E-state index >= 15 is 0 Å². The van der Waals surface area contributed by atoms with Crippen molar-refractivity contribution in [2.24, 2.45) is 0 Å². The first kappa shape index (κ1) is 24.4. The minimum atomic E-state index is -0.758. The topological polar surface area (TPSA) is 137 Å². The van der Waals surface area contributed by atoms with Gasteiger partial charge < -0.3 is 14.3 Å². The molecule has 0 aromatic carbocycles. The highest BCUT2D eigenvalue weighted by atomic mass is 16.7. The van der Waals surface area contributed by atoms with Crippen LogP contribution in [-0.4, -0.2) is 79.3 Å². The molecule has 2 heterocycles. The van der Waals surface area contributed by atoms with Gasteiger partial charge in [-0.3, -0.25) is 28.9 Å². The van der Waals surface area contributed by atoms with Crippen LogP contribution in [0, 0.1) is 0 Å². The van der Waals surface area contributed by atoms with E-state index in [1.54, 1.807) is 7.11 Å². The number of unbranched alkanes of at least 4 members (excludes halogenated alkanes) is 1. The summed E-state index contributed by atoms with van der Waals surface area (Å²) in [6, 6.07) is 0. The van der Waals surface area contributed by atoms with Crippen LogP contribution < -0.4 is 0 Å². The van der Waals surface area contributed by atoms with E-state index in [1.165, 1.54) is 7.11 Å². The van der Waals surface area contributed by atoms with Gasteiger partial charge >= 0.3 is 5.97 Å². The highest BCUT2D eigenvalue weighted by Gasteiger charge is 2.32. The van der Waals surface area contributed by atoms with Gasteiger partial charge in [0.15, 0.2) is 5.78 Å². The number of imide groups is 2. The van der Waals surface area contributed by atoms with Crippen LogP contribution in [0.15, 0.2) is 0 Å². The van der Waals surface area contributed by atoms with E-state index in [9.17, 15) is 28.8 Å². The van der Waals surface area contributed by atoms with Crippen molar-refractivity contribution in [3.05, 3.63) is 0 Å². The molecule has 0 spiro atoms. The predicted molar refractivity (Wildman–Crippen MR) is 95.7 cm³/mol. The second-order valence-electron chi connectivity index (χ2n) is 6.34. The van der Waals surface area contributed by atoms with Crippen molar-refractivity contribution in [3.63, 3.8) is 0 Å². The molecule has 0 aromatic heterocycles. The number of hydrogen-bond acceptors (Lipinski definition) is 9. The summed E-state index contributed by atoms with van der Waals surface area (Å²) >= 11 is 0. The summed E-state index contributed by atoms with van der Waals surface area (Å²) in [5.74, 6) is -2.25. The van der Waals surface area contributed by atoms with Gasteiger partial charge in [0.2, 0.25) is 11.8 Å². The lowest BCUT2D eigenvalue weighted by Crippen LogP contribution is -2.34. The zero-order valence-electron chi connectivity index (χ0n) is 16.6. The number of nitrogens with zero attached hydrogens (tertiary/aromatic N) is 2. The Labute approximate surface area is 168 Å². The van der Waals surface area contributed by atoms with E-state index in [0.29, 0.717) is 18.1 Å². The maximum absolute atomic E-state index is 11.5. The van der Waals surface area contributed by atoms with Crippen LogP contribution >= 0.6 is 0 Å². The third-order valence-corrected chi connectivity index (χ3v) is 4.00. The first-order valence-electron chi connectivity index (χ1n) is 9.19. The normalized spacial score (nSPS) is 16.2. The molecule has 162 valence electrons. The molecule has 0 N–H and O–H groups in total. The van der Waals surface area contributed by atoms with Gasteiger partial charge in [0, 0.05) is 52.9 Å². The van der Waals surface area contributed by atoms with E-state index < -0.39 is 17.8 Å². The van der Waals surface area contributed by atoms with Crippen LogP contribution in [0.5, 0.6) is 0 Å². The van der Waals surface area contributed by atoms with Crippen LogP contribution in [0.4, 0.5) is 0 Å². The SMILES string of the molecule is COCC(=O)ON1C(=O)CCC1=O.COCCCCC(=O)CN1C(=O)CCC1=O. The Hall–Kier alpha value is -2.66. The second-order valence-corrected chi connectivity index (χ2v) is 6.34. The molecule has 0 saturated carbocycles. The van der Waals surface area contributed by atoms with Gasteiger partial charge in [0.25, 0.3) is 11.8 Å². The van der Waals surface area contributed by atoms with Crippen LogP contribution in [0.25, 0.3) is 0 Å². The second kappa shape index (κ2) is 12.7. The van der Waals surface area contributed by atoms with E-state index in [2.05, 4.69) is 9.57 Å². The van der Waals surface area contributed by atoms with Crippen LogP contribution in [-0.2, 0) is 43.1 Å². The molecule has 29 heavy (non-hydrogen) atoms. The zero-order chi connectivity index (χ0) is 21.8. The molecular weight excluding hydrogens is 388 g/mol. The van der Waals surface area contributed by atoms with Gasteiger partial charge in [-0.1, -0.05) is 0 Å². The summed E-state index contributed by atoms with van der Waals surface area (Å²) in [4.78, 5) is 72.1. The van der Waals surface area contributed by atoms with Crippen molar-refractivity contribution < 1.29 is 43.1 Å². The number of Topliss-reactive ketones (excluding diaryl/α,β-unsaturated/α-hetero) is 1. The Kier molecular flexibility index (Phi) is 10.7. The molecular formula is C18H26N2O9. The predicted octanol–water partition coefficient (Wildman–Crippen LogP) is -0.239. The Morgan fingerprint density at radius 3 is 1.90 bits per heavy atom. The third-order valence-electron chi connectivity index (χ3n) is 4.00. The Bertz CT molecular complexity index is 615. The van der Waals surface area contributed by atoms with Gasteiger partial charge in [0.1, 0.15) is 6.61 Å². The van der Waals surface area contributed by atoms with Crippen LogP contribution in [0.2, 0.25) is 0 Å². The van der Waals surface area contributed by atoms with Crippen molar-refractivity contribution in [3.8, 4) is 0 Å². The highest BCUT2D eigenvalue weighted by Crippen LogP contribution is 2.12. The summed E-state index contributed by atoms with van der Waals surface area (Å²) < 4.78 is 9.32. The molecule has 2 saturated heterocycles. The van der Waals surface area contributed by atoms with Crippen molar-refractivity contribution >= 4 is 35.4 Å². The average molecular weight is 414 g/mol. The quantitative estimate of drug-likeness (QED) is 0.350. The molecule has 0 bridgehead atoms. The van der Waals surface area contributed by atoms with Gasteiger partial charge in [-0.2, -0.15) is 0 Å². The number of hydroxylamine groups is 2. The van der Waals surface area contributed by atoms with E-state index in [0.717, 1.165) is 17.7 Å². The zero-order valence-corrected chi connectivity index (χ0v) is 16.6. The molecule has 0 unspecified atom stereocenters. The summed E-state index contributed by atoms with van der Waals surface area (Å²) in [6.07, 6.45) is 2.65. The molecule has 2 fully saturated rings. The Morgan fingerprint density at radius 1 is 0.828 bits per heavy atom. The summed E-state index contributed by atoms with van der Waals surface area (Å²) in [5.41, 5.74) is 0. The van der Waals surface area contributed by atoms with Gasteiger partial charge in [-0.05, 0) is 12.8 Å². The lowest BCUT2D eigenvalue weighted by atomic mass is 10.2. The summed E-state index contributed by atoms with van der Waals surface area (Å²) in [7, 11) is 2.93. The number of rotatable bonds is 10. The first-order valence-corrected chi connectivity index (χ1v) is 9.19. The van der Waals surface area contributed by atoms with Gasteiger partial charge in [0.05, 0.1) is 6.54 Å². The fraction of sp³-hybridized carbons (Fsp3) is 0.667. The number of methoxy groups -OCH3 is 2. The van der Waals surface area contributed by atoms with Crippen molar-refractivity contribution in [1.29, 1.82) is 0 Å². The summed E-state index contributed by atoms with van der Waals surface area (Å²) in [5, 5.41) is 0.487. The Balaban J connectivity index is 0.000000296. The van der Waals surface area contributed by atoms with Gasteiger partial charge in [-0.25, -0.2) is 4.79 Å². The molecule has 2 rings (SSSR count). The molecule has 2 aliphatic rings. The minimum absolute atomic E-state index is 0.0509. The van der Waals surface area contributed by atoms with E-state index in [4.69, 9.17) is 4.74 Å². The minimum Gasteiger partial charge on any atom is -0.385 e. The van der Waals surface area contributed by atoms with Crippen molar-refractivity contribution in [2.75, 3.05) is 34.0 Å². The lowest BCUT2D eigenvalue weighted by Gasteiger charge is -2.12. The fourth-order valence-electron chi connectivity index (χ4n) is 2.53. The molecule has 0 radical (unpaired) electrons. The van der Waals surface area contributed by atoms with E-state index in [1.807, 2.05) is 0 Å². The number of carbonyl (C=O) groups is 6. The maximum Gasteiger partial charge on any atom is 0.358 e. The summed E-state index contributed by atoms with van der Waals surface area (Å²) in [6.45, 7) is 0.302. The molecule has 0 atom stereocenters. The van der Waals surface area contributed by atoms with Crippen molar-refractivity contribution in [1.82, 2.24) is 9.96 Å². The van der Waals surface area contributed by atoms with E-state index in [-0.39, 0.29) is 56.4 Å². The molecule has 0 aliphatic carbocycles. The van der Waals surface area contributed by atoms with Crippen LogP contribution in [0.3, 0.4) is 0 Å². The number of ketones is 1. The molecule has 11 heteroatoms. The largest absolute Gasteiger partial charge is 0.385 e. The third kappa shape index (κ3) is 8.48. The maximum atomic E-state index is 11.5. The lowest BCUT2D eigenvalue weighted by molar-refractivity contribution is -0.199. The molecule has 4 amide bonds. The van der Waals surface area contributed by atoms with Crippen LogP contribution in [0.1, 0.15) is 44.9 Å². The Morgan fingerprint density at radius 2 is 1.38 bits per heavy atom. The number of hydrogen-bond donors (Lipinski definition) is 0. The highest BCUT2D eigenvalue weighted by molar-refractivity contribution is 6.04. The molecule has 0 aromatic rings. The number of carbonyl (C=O) groups excluding carboxylic acids is 6. The van der Waals surface area contributed by atoms with Crippen molar-refractivity contribution in [2.45, 2.75) is 44.9 Å². The smallest absolute Gasteiger partial charge is 0.358 e. The number of likely N-dealkylation sites (tertiary alicyclic amines) is 1. The standard InChI is InChI=1S/C11H17NO4.C7H9NO5/c1-16-7-3-2-4-9(13)8-12-10(14)5-6-11(12)15;1-12-4-7(11)13-8-5(9)2-3-6(8)10/h2-8H2,1H3;2-4H2,1H3. The monoisotopic (exact) mass is 414 g/mol. The van der Waals surface area contributed by atoms with Gasteiger partial charge in [-0.15, -0.1) is 5.06 Å². The number of amides is 4.